The molecule has 9 heteroatoms. The minimum absolute atomic E-state index is 0.129. The molecule has 0 spiro atoms. The van der Waals surface area contributed by atoms with E-state index in [4.69, 9.17) is 0 Å². The zero-order valence-electron chi connectivity index (χ0n) is 16.0. The summed E-state index contributed by atoms with van der Waals surface area (Å²) in [6.07, 6.45) is 0. The Hall–Kier alpha value is -2.07. The van der Waals surface area contributed by atoms with Crippen molar-refractivity contribution in [2.75, 3.05) is 26.2 Å². The lowest BCUT2D eigenvalue weighted by molar-refractivity contribution is 0.143. The maximum atomic E-state index is 12.9. The molecule has 0 N–H and O–H groups in total. The molecule has 2 aromatic carbocycles. The van der Waals surface area contributed by atoms with Crippen molar-refractivity contribution in [3.63, 3.8) is 0 Å². The molecule has 1 aromatic heterocycles. The number of nitrogens with zero attached hydrogens (tertiary/aromatic N) is 4. The van der Waals surface area contributed by atoms with Crippen molar-refractivity contribution in [1.82, 2.24) is 19.0 Å². The first-order valence-corrected chi connectivity index (χ1v) is 11.5. The largest absolute Gasteiger partial charge is 0.282 e. The average molecular weight is 477 g/mol. The van der Waals surface area contributed by atoms with Gasteiger partial charge in [0.05, 0.1) is 22.6 Å². The lowest BCUT2D eigenvalue weighted by Gasteiger charge is -2.33. The van der Waals surface area contributed by atoms with Gasteiger partial charge in [0, 0.05) is 36.0 Å². The summed E-state index contributed by atoms with van der Waals surface area (Å²) in [4.78, 5) is 15.1. The Bertz CT molecular complexity index is 1220. The third-order valence-corrected chi connectivity index (χ3v) is 7.54. The quantitative estimate of drug-likeness (QED) is 0.577. The van der Waals surface area contributed by atoms with Gasteiger partial charge in [-0.2, -0.15) is 9.40 Å². The molecule has 152 valence electrons. The lowest BCUT2D eigenvalue weighted by atomic mass is 10.1. The van der Waals surface area contributed by atoms with Crippen LogP contribution < -0.4 is 5.56 Å². The normalized spacial score (nSPS) is 16.3. The van der Waals surface area contributed by atoms with Gasteiger partial charge in [-0.1, -0.05) is 40.2 Å². The summed E-state index contributed by atoms with van der Waals surface area (Å²) in [6.45, 7) is 4.04. The van der Waals surface area contributed by atoms with E-state index >= 15 is 0 Å². The highest BCUT2D eigenvalue weighted by molar-refractivity contribution is 9.10. The zero-order valence-corrected chi connectivity index (χ0v) is 18.4. The Labute approximate surface area is 177 Å². The van der Waals surface area contributed by atoms with E-state index in [1.54, 1.807) is 24.3 Å². The molecule has 29 heavy (non-hydrogen) atoms. The van der Waals surface area contributed by atoms with Gasteiger partial charge in [-0.3, -0.25) is 9.69 Å². The van der Waals surface area contributed by atoms with Gasteiger partial charge in [0.15, 0.2) is 0 Å². The van der Waals surface area contributed by atoms with E-state index in [-0.39, 0.29) is 10.5 Å². The molecule has 4 rings (SSSR count). The molecule has 1 aliphatic heterocycles. The molecular weight excluding hydrogens is 456 g/mol. The maximum Gasteiger partial charge on any atom is 0.275 e. The van der Waals surface area contributed by atoms with E-state index in [2.05, 4.69) is 25.9 Å². The number of benzene rings is 2. The molecule has 0 bridgehead atoms. The highest BCUT2D eigenvalue weighted by Crippen LogP contribution is 2.21. The maximum absolute atomic E-state index is 12.9. The highest BCUT2D eigenvalue weighted by Gasteiger charge is 2.28. The van der Waals surface area contributed by atoms with Gasteiger partial charge in [0.2, 0.25) is 10.0 Å². The van der Waals surface area contributed by atoms with Crippen molar-refractivity contribution < 1.29 is 8.42 Å². The molecule has 7 nitrogen and oxygen atoms in total. The average Bonchev–Trinajstić information content (AvgIpc) is 2.72. The van der Waals surface area contributed by atoms with E-state index in [1.165, 1.54) is 8.99 Å². The van der Waals surface area contributed by atoms with E-state index in [1.807, 2.05) is 31.2 Å². The van der Waals surface area contributed by atoms with Crippen molar-refractivity contribution in [2.24, 2.45) is 0 Å². The number of sulfonamides is 1. The van der Waals surface area contributed by atoms with Gasteiger partial charge in [0.25, 0.3) is 5.56 Å². The van der Waals surface area contributed by atoms with Gasteiger partial charge in [-0.15, -0.1) is 0 Å². The van der Waals surface area contributed by atoms with E-state index in [0.29, 0.717) is 38.2 Å². The fourth-order valence-corrected chi connectivity index (χ4v) is 5.60. The molecule has 0 atom stereocenters. The van der Waals surface area contributed by atoms with Gasteiger partial charge >= 0.3 is 0 Å². The number of piperazine rings is 1. The van der Waals surface area contributed by atoms with Crippen LogP contribution >= 0.6 is 15.9 Å². The van der Waals surface area contributed by atoms with E-state index in [0.717, 1.165) is 15.6 Å². The van der Waals surface area contributed by atoms with Crippen LogP contribution in [0.4, 0.5) is 0 Å². The van der Waals surface area contributed by atoms with Crippen LogP contribution in [0.5, 0.6) is 0 Å². The zero-order chi connectivity index (χ0) is 20.6. The van der Waals surface area contributed by atoms with Gasteiger partial charge in [0.1, 0.15) is 0 Å². The lowest BCUT2D eigenvalue weighted by Crippen LogP contribution is -2.49. The fraction of sp³-hybridized carbons (Fsp3) is 0.300. The number of halogens is 1. The SMILES string of the molecule is Cc1nn(CN2CCN(S(=O)(=O)c3cccc(Br)c3)CC2)c(=O)c2ccccc12. The van der Waals surface area contributed by atoms with Crippen molar-refractivity contribution in [1.29, 1.82) is 0 Å². The molecule has 0 unspecified atom stereocenters. The van der Waals surface area contributed by atoms with Crippen molar-refractivity contribution >= 4 is 36.7 Å². The number of hydrogen-bond donors (Lipinski definition) is 0. The van der Waals surface area contributed by atoms with Crippen LogP contribution in [0.25, 0.3) is 10.8 Å². The number of aryl methyl sites for hydroxylation is 1. The van der Waals surface area contributed by atoms with Crippen molar-refractivity contribution in [2.45, 2.75) is 18.5 Å². The summed E-state index contributed by atoms with van der Waals surface area (Å²) < 4.78 is 29.4. The van der Waals surface area contributed by atoms with E-state index in [9.17, 15) is 13.2 Å². The number of hydrogen-bond acceptors (Lipinski definition) is 5. The van der Waals surface area contributed by atoms with Crippen LogP contribution in [0.15, 0.2) is 62.7 Å². The minimum Gasteiger partial charge on any atom is -0.282 e. The smallest absolute Gasteiger partial charge is 0.275 e. The van der Waals surface area contributed by atoms with Gasteiger partial charge in [-0.25, -0.2) is 13.1 Å². The highest BCUT2D eigenvalue weighted by atomic mass is 79.9. The Kier molecular flexibility index (Phi) is 5.56. The predicted octanol–water partition coefficient (Wildman–Crippen LogP) is 2.43. The molecular formula is C20H21BrN4O3S. The van der Waals surface area contributed by atoms with E-state index < -0.39 is 10.0 Å². The summed E-state index contributed by atoms with van der Waals surface area (Å²) in [6, 6.07) is 14.2. The molecule has 1 fully saturated rings. The van der Waals surface area contributed by atoms with Crippen LogP contribution in [0.1, 0.15) is 5.69 Å². The molecule has 0 amide bonds. The monoisotopic (exact) mass is 476 g/mol. The molecule has 1 aliphatic rings. The summed E-state index contributed by atoms with van der Waals surface area (Å²) in [5.74, 6) is 0. The van der Waals surface area contributed by atoms with Crippen LogP contribution in [0.2, 0.25) is 0 Å². The van der Waals surface area contributed by atoms with Crippen molar-refractivity contribution in [3.05, 3.63) is 69.1 Å². The van der Waals surface area contributed by atoms with Gasteiger partial charge < -0.3 is 0 Å². The molecule has 0 saturated carbocycles. The fourth-order valence-electron chi connectivity index (χ4n) is 3.58. The topological polar surface area (TPSA) is 75.5 Å². The van der Waals surface area contributed by atoms with Crippen LogP contribution in [0.3, 0.4) is 0 Å². The second kappa shape index (κ2) is 7.98. The Morgan fingerprint density at radius 3 is 2.38 bits per heavy atom. The number of fused-ring (bicyclic) bond motifs is 1. The standard InChI is InChI=1S/C20H21BrN4O3S/c1-15-18-7-2-3-8-19(18)20(26)25(22-15)14-23-9-11-24(12-10-23)29(27,28)17-6-4-5-16(21)13-17/h2-8,13H,9-12,14H2,1H3. The third-order valence-electron chi connectivity index (χ3n) is 5.15. The summed E-state index contributed by atoms with van der Waals surface area (Å²) in [7, 11) is -3.53. The Morgan fingerprint density at radius 2 is 1.69 bits per heavy atom. The first-order chi connectivity index (χ1) is 13.9. The number of rotatable bonds is 4. The molecule has 0 radical (unpaired) electrons. The second-order valence-electron chi connectivity index (χ2n) is 7.06. The second-order valence-corrected chi connectivity index (χ2v) is 9.91. The molecule has 0 aliphatic carbocycles. The summed E-state index contributed by atoms with van der Waals surface area (Å²) >= 11 is 3.32. The van der Waals surface area contributed by atoms with Crippen molar-refractivity contribution in [3.8, 4) is 0 Å². The minimum atomic E-state index is -3.53. The molecule has 2 heterocycles. The van der Waals surface area contributed by atoms with Gasteiger partial charge in [-0.05, 0) is 31.2 Å². The number of aromatic nitrogens is 2. The molecule has 3 aromatic rings. The summed E-state index contributed by atoms with van der Waals surface area (Å²) in [5, 5.41) is 5.95. The molecule has 1 saturated heterocycles. The Morgan fingerprint density at radius 1 is 1.00 bits per heavy atom. The van der Waals surface area contributed by atoms with Crippen LogP contribution in [-0.2, 0) is 16.7 Å². The first kappa shape index (κ1) is 20.2. The predicted molar refractivity (Wildman–Crippen MR) is 115 cm³/mol. The van der Waals surface area contributed by atoms with Crippen LogP contribution in [0, 0.1) is 6.92 Å². The van der Waals surface area contributed by atoms with Crippen LogP contribution in [-0.4, -0.2) is 53.6 Å². The first-order valence-electron chi connectivity index (χ1n) is 9.31. The third kappa shape index (κ3) is 4.00. The summed E-state index contributed by atoms with van der Waals surface area (Å²) in [5.41, 5.74) is 0.673. The Balaban J connectivity index is 1.49.